The Balaban J connectivity index is 1.60. The molecule has 10 heteroatoms. The van der Waals surface area contributed by atoms with Gasteiger partial charge in [-0.3, -0.25) is 30.4 Å². The summed E-state index contributed by atoms with van der Waals surface area (Å²) in [7, 11) is 2.13. The van der Waals surface area contributed by atoms with Crippen LogP contribution < -0.4 is 10.2 Å². The Morgan fingerprint density at radius 1 is 1.19 bits per heavy atom. The molecule has 0 radical (unpaired) electrons. The van der Waals surface area contributed by atoms with Gasteiger partial charge in [0.1, 0.15) is 22.7 Å². The van der Waals surface area contributed by atoms with E-state index < -0.39 is 6.04 Å². The van der Waals surface area contributed by atoms with Gasteiger partial charge in [0, 0.05) is 60.3 Å². The number of nitrogens with zero attached hydrogens (tertiary/aromatic N) is 4. The number of nitrogens with one attached hydrogen (secondary N) is 3. The Kier molecular flexibility index (Phi) is 8.24. The number of piperazine rings is 1. The zero-order chi connectivity index (χ0) is 26.0. The lowest BCUT2D eigenvalue weighted by molar-refractivity contribution is -0.121. The monoisotopic (exact) mass is 527 g/mol. The number of carbonyl (C=O) groups is 1. The third kappa shape index (κ3) is 5.70. The van der Waals surface area contributed by atoms with Crippen LogP contribution in [0.1, 0.15) is 34.9 Å². The summed E-state index contributed by atoms with van der Waals surface area (Å²) < 4.78 is 0. The second-order valence-corrected chi connectivity index (χ2v) is 11.1. The molecule has 0 bridgehead atoms. The molecule has 1 aromatic heterocycles. The molecule has 192 valence electrons. The number of thiophene rings is 1. The average molecular weight is 528 g/mol. The topological polar surface area (TPSA) is 98.9 Å². The molecule has 36 heavy (non-hydrogen) atoms. The van der Waals surface area contributed by atoms with E-state index in [0.717, 1.165) is 65.0 Å². The molecule has 0 spiro atoms. The van der Waals surface area contributed by atoms with Crippen molar-refractivity contribution in [3.05, 3.63) is 50.9 Å². The molecule has 1 aromatic carbocycles. The highest BCUT2D eigenvalue weighted by molar-refractivity contribution is 7.17. The molecule has 1 unspecified atom stereocenters. The van der Waals surface area contributed by atoms with Crippen LogP contribution >= 0.6 is 22.9 Å². The minimum absolute atomic E-state index is 0.0510. The van der Waals surface area contributed by atoms with Crippen molar-refractivity contribution >= 4 is 51.2 Å². The van der Waals surface area contributed by atoms with Gasteiger partial charge in [0.25, 0.3) is 0 Å². The molecular weight excluding hydrogens is 494 g/mol. The van der Waals surface area contributed by atoms with Gasteiger partial charge in [0.05, 0.1) is 12.1 Å². The fourth-order valence-corrected chi connectivity index (χ4v) is 5.91. The van der Waals surface area contributed by atoms with Crippen LogP contribution in [0.3, 0.4) is 0 Å². The third-order valence-corrected chi connectivity index (χ3v) is 8.27. The van der Waals surface area contributed by atoms with Crippen molar-refractivity contribution in [2.75, 3.05) is 51.2 Å². The number of amides is 1. The van der Waals surface area contributed by atoms with Crippen molar-refractivity contribution < 1.29 is 4.79 Å². The maximum absolute atomic E-state index is 13.0. The van der Waals surface area contributed by atoms with E-state index in [0.29, 0.717) is 11.6 Å². The number of carbonyl (C=O) groups excluding carboxylic acids is 1. The number of halogens is 1. The van der Waals surface area contributed by atoms with Crippen LogP contribution in [-0.2, 0) is 4.79 Å². The number of aliphatic imine (C=N–C) groups is 1. The molecule has 1 saturated heterocycles. The lowest BCUT2D eigenvalue weighted by Crippen LogP contribution is -2.47. The first kappa shape index (κ1) is 26.5. The van der Waals surface area contributed by atoms with Gasteiger partial charge in [-0.2, -0.15) is 0 Å². The average Bonchev–Trinajstić information content (AvgIpc) is 3.05. The van der Waals surface area contributed by atoms with Crippen molar-refractivity contribution in [2.45, 2.75) is 33.2 Å². The Labute approximate surface area is 222 Å². The van der Waals surface area contributed by atoms with Crippen molar-refractivity contribution in [1.82, 2.24) is 15.1 Å². The van der Waals surface area contributed by atoms with Crippen LogP contribution in [0.4, 0.5) is 5.00 Å². The number of benzene rings is 1. The summed E-state index contributed by atoms with van der Waals surface area (Å²) >= 11 is 7.70. The van der Waals surface area contributed by atoms with Gasteiger partial charge in [0.2, 0.25) is 5.91 Å². The van der Waals surface area contributed by atoms with E-state index in [1.54, 1.807) is 23.2 Å². The van der Waals surface area contributed by atoms with E-state index >= 15 is 0 Å². The van der Waals surface area contributed by atoms with Crippen molar-refractivity contribution in [3.8, 4) is 0 Å². The highest BCUT2D eigenvalue weighted by atomic mass is 35.5. The Morgan fingerprint density at radius 3 is 2.50 bits per heavy atom. The Bertz CT molecular complexity index is 1180. The van der Waals surface area contributed by atoms with Crippen LogP contribution in [0.5, 0.6) is 0 Å². The molecule has 1 fully saturated rings. The lowest BCUT2D eigenvalue weighted by atomic mass is 9.99. The number of hydrogen-bond acceptors (Lipinski definition) is 7. The first-order chi connectivity index (χ1) is 17.2. The molecule has 2 aliphatic rings. The summed E-state index contributed by atoms with van der Waals surface area (Å²) in [5.74, 6) is 0.234. The van der Waals surface area contributed by atoms with Crippen LogP contribution in [0.25, 0.3) is 0 Å². The fourth-order valence-electron chi connectivity index (χ4n) is 4.56. The highest BCUT2D eigenvalue weighted by Gasteiger charge is 2.34. The van der Waals surface area contributed by atoms with Crippen LogP contribution in [0, 0.1) is 24.7 Å². The van der Waals surface area contributed by atoms with Crippen molar-refractivity contribution in [2.24, 2.45) is 4.99 Å². The van der Waals surface area contributed by atoms with E-state index in [2.05, 4.69) is 22.2 Å². The zero-order valence-electron chi connectivity index (χ0n) is 21.3. The SMILES string of the molecule is CC(=N)N1C(=N)C(CC(=O)NCCN2CCN(C)CC2)N=C(c2ccc(Cl)cc2)c2c1sc(C)c2C. The molecule has 0 saturated carbocycles. The fraction of sp³-hybridized carbons (Fsp3) is 0.462. The summed E-state index contributed by atoms with van der Waals surface area (Å²) in [6, 6.07) is 6.77. The minimum Gasteiger partial charge on any atom is -0.355 e. The first-order valence-corrected chi connectivity index (χ1v) is 13.4. The maximum Gasteiger partial charge on any atom is 0.222 e. The smallest absolute Gasteiger partial charge is 0.222 e. The van der Waals surface area contributed by atoms with Crippen LogP contribution in [0.15, 0.2) is 29.3 Å². The number of amidine groups is 2. The summed E-state index contributed by atoms with van der Waals surface area (Å²) in [4.78, 5) is 25.4. The molecule has 3 N–H and O–H groups in total. The standard InChI is InChI=1S/C26H34ClN7OS/c1-16-17(2)36-26-23(16)24(19-5-7-20(27)8-6-19)31-21(25(29)34(26)18(3)28)15-22(35)30-9-10-33-13-11-32(4)12-14-33/h5-8,21,28-29H,9-15H2,1-4H3,(H,30,35). The Morgan fingerprint density at radius 2 is 1.86 bits per heavy atom. The minimum atomic E-state index is -0.709. The number of rotatable bonds is 6. The number of anilines is 1. The summed E-state index contributed by atoms with van der Waals surface area (Å²) in [6.07, 6.45) is 0.0510. The van der Waals surface area contributed by atoms with Crippen molar-refractivity contribution in [3.63, 3.8) is 0 Å². The van der Waals surface area contributed by atoms with E-state index in [1.165, 1.54) is 0 Å². The van der Waals surface area contributed by atoms with Crippen molar-refractivity contribution in [1.29, 1.82) is 10.8 Å². The summed E-state index contributed by atoms with van der Waals surface area (Å²) in [6.45, 7) is 11.2. The quantitative estimate of drug-likeness (QED) is 0.393. The number of aryl methyl sites for hydroxylation is 1. The molecule has 1 atom stereocenters. The van der Waals surface area contributed by atoms with Gasteiger partial charge in [-0.25, -0.2) is 0 Å². The molecule has 4 rings (SSSR count). The number of likely N-dealkylation sites (N-methyl/N-ethyl adjacent to an activating group) is 1. The maximum atomic E-state index is 13.0. The predicted octanol–water partition coefficient (Wildman–Crippen LogP) is 3.77. The molecule has 2 aromatic rings. The van der Waals surface area contributed by atoms with Gasteiger partial charge in [-0.15, -0.1) is 11.3 Å². The number of hydrogen-bond donors (Lipinski definition) is 3. The number of fused-ring (bicyclic) bond motifs is 1. The lowest BCUT2D eigenvalue weighted by Gasteiger charge is -2.32. The largest absolute Gasteiger partial charge is 0.355 e. The van der Waals surface area contributed by atoms with Gasteiger partial charge in [-0.05, 0) is 45.5 Å². The van der Waals surface area contributed by atoms with Gasteiger partial charge >= 0.3 is 0 Å². The van der Waals surface area contributed by atoms with Gasteiger partial charge < -0.3 is 10.2 Å². The first-order valence-electron chi connectivity index (χ1n) is 12.2. The van der Waals surface area contributed by atoms with E-state index in [9.17, 15) is 4.79 Å². The zero-order valence-corrected chi connectivity index (χ0v) is 22.9. The molecular formula is C26H34ClN7OS. The highest BCUT2D eigenvalue weighted by Crippen LogP contribution is 2.40. The summed E-state index contributed by atoms with van der Waals surface area (Å²) in [5, 5.41) is 21.9. The Hall–Kier alpha value is -2.59. The van der Waals surface area contributed by atoms with Crippen LogP contribution in [0.2, 0.25) is 5.02 Å². The summed E-state index contributed by atoms with van der Waals surface area (Å²) in [5.41, 5.74) is 3.58. The van der Waals surface area contributed by atoms with Crippen LogP contribution in [-0.4, -0.2) is 85.4 Å². The molecule has 1 amide bonds. The van der Waals surface area contributed by atoms with E-state index in [1.807, 2.05) is 38.1 Å². The normalized spacial score (nSPS) is 19.0. The molecule has 8 nitrogen and oxygen atoms in total. The predicted molar refractivity (Wildman–Crippen MR) is 150 cm³/mol. The van der Waals surface area contributed by atoms with Gasteiger partial charge in [-0.1, -0.05) is 23.7 Å². The molecule has 3 heterocycles. The van der Waals surface area contributed by atoms with E-state index in [-0.39, 0.29) is 24.0 Å². The van der Waals surface area contributed by atoms with E-state index in [4.69, 9.17) is 27.4 Å². The van der Waals surface area contributed by atoms with Gasteiger partial charge in [0.15, 0.2) is 0 Å². The second-order valence-electron chi connectivity index (χ2n) is 9.47. The third-order valence-electron chi connectivity index (χ3n) is 6.83. The molecule has 2 aliphatic heterocycles. The molecule has 0 aliphatic carbocycles. The second kappa shape index (κ2) is 11.2.